The van der Waals surface area contributed by atoms with Crippen molar-refractivity contribution in [3.63, 3.8) is 0 Å². The lowest BCUT2D eigenvalue weighted by Gasteiger charge is -2.21. The van der Waals surface area contributed by atoms with Gasteiger partial charge < -0.3 is 4.74 Å². The number of benzene rings is 1. The van der Waals surface area contributed by atoms with Crippen LogP contribution in [0, 0.1) is 6.92 Å². The van der Waals surface area contributed by atoms with Gasteiger partial charge in [-0.1, -0.05) is 11.6 Å². The zero-order valence-electron chi connectivity index (χ0n) is 13.6. The molecular weight excluding hydrogens is 300 g/mol. The molecule has 5 heteroatoms. The molecule has 0 amide bonds. The summed E-state index contributed by atoms with van der Waals surface area (Å²) in [5.41, 5.74) is 2.24. The summed E-state index contributed by atoms with van der Waals surface area (Å²) in [6, 6.07) is 5.71. The Hall–Kier alpha value is -1.81. The summed E-state index contributed by atoms with van der Waals surface area (Å²) in [5.74, 6) is -0.623. The van der Waals surface area contributed by atoms with Gasteiger partial charge in [0.1, 0.15) is 5.60 Å². The second kappa shape index (κ2) is 6.13. The highest BCUT2D eigenvalue weighted by atomic mass is 35.5. The number of carbonyl (C=O) groups excluding carboxylic acids is 1. The first kappa shape index (κ1) is 16.6. The maximum Gasteiger partial charge on any atom is 0.313 e. The van der Waals surface area contributed by atoms with Crippen LogP contribution in [-0.2, 0) is 9.53 Å². The van der Waals surface area contributed by atoms with E-state index >= 15 is 0 Å². The Morgan fingerprint density at radius 1 is 1.32 bits per heavy atom. The number of nitrogens with zero attached hydrogens (tertiary/aromatic N) is 2. The Balaban J connectivity index is 2.22. The molecule has 1 unspecified atom stereocenters. The summed E-state index contributed by atoms with van der Waals surface area (Å²) in [7, 11) is 0. The highest BCUT2D eigenvalue weighted by Crippen LogP contribution is 2.22. The normalized spacial score (nSPS) is 13.0. The van der Waals surface area contributed by atoms with Gasteiger partial charge in [0.15, 0.2) is 0 Å². The molecule has 0 aliphatic carbocycles. The van der Waals surface area contributed by atoms with Crippen LogP contribution < -0.4 is 0 Å². The van der Waals surface area contributed by atoms with Gasteiger partial charge in [-0.2, -0.15) is 5.10 Å². The lowest BCUT2D eigenvalue weighted by molar-refractivity contribution is -0.156. The van der Waals surface area contributed by atoms with Gasteiger partial charge in [0, 0.05) is 16.8 Å². The van der Waals surface area contributed by atoms with Crippen LogP contribution in [0.4, 0.5) is 0 Å². The number of ether oxygens (including phenoxy) is 1. The van der Waals surface area contributed by atoms with Crippen molar-refractivity contribution >= 4 is 17.6 Å². The summed E-state index contributed by atoms with van der Waals surface area (Å²) in [4.78, 5) is 12.1. The molecule has 1 atom stereocenters. The molecule has 2 rings (SSSR count). The van der Waals surface area contributed by atoms with Gasteiger partial charge in [-0.3, -0.25) is 4.79 Å². The molecule has 0 fully saturated rings. The van der Waals surface area contributed by atoms with E-state index < -0.39 is 5.60 Å². The average Bonchev–Trinajstić information content (AvgIpc) is 2.84. The third-order valence-corrected chi connectivity index (χ3v) is 3.37. The summed E-state index contributed by atoms with van der Waals surface area (Å²) in [5, 5.41) is 4.98. The van der Waals surface area contributed by atoms with Gasteiger partial charge in [-0.25, -0.2) is 4.68 Å². The van der Waals surface area contributed by atoms with Gasteiger partial charge in [-0.15, -0.1) is 0 Å². The van der Waals surface area contributed by atoms with Crippen LogP contribution in [0.2, 0.25) is 5.02 Å². The summed E-state index contributed by atoms with van der Waals surface area (Å²) >= 11 is 6.08. The van der Waals surface area contributed by atoms with E-state index in [4.69, 9.17) is 16.3 Å². The lowest BCUT2D eigenvalue weighted by Crippen LogP contribution is -2.26. The van der Waals surface area contributed by atoms with E-state index in [0.717, 1.165) is 16.8 Å². The number of hydrogen-bond donors (Lipinski definition) is 0. The van der Waals surface area contributed by atoms with Crippen molar-refractivity contribution in [2.24, 2.45) is 0 Å². The number of halogens is 1. The molecule has 0 bridgehead atoms. The second-order valence-corrected chi connectivity index (χ2v) is 6.90. The predicted octanol–water partition coefficient (Wildman–Crippen LogP) is 4.28. The molecule has 0 saturated carbocycles. The first-order chi connectivity index (χ1) is 10.2. The van der Waals surface area contributed by atoms with Crippen molar-refractivity contribution in [1.29, 1.82) is 0 Å². The maximum absolute atomic E-state index is 12.1. The van der Waals surface area contributed by atoms with E-state index in [1.54, 1.807) is 10.9 Å². The van der Waals surface area contributed by atoms with Crippen molar-refractivity contribution < 1.29 is 9.53 Å². The first-order valence-electron chi connectivity index (χ1n) is 7.21. The third kappa shape index (κ3) is 4.10. The standard InChI is InChI=1S/C17H21ClN2O2/c1-11-6-14(18)8-15(7-11)20-10-13(9-19-20)12(2)16(21)22-17(3,4)5/h6-10,12H,1-5H3. The zero-order valence-corrected chi connectivity index (χ0v) is 14.3. The van der Waals surface area contributed by atoms with Crippen LogP contribution >= 0.6 is 11.6 Å². The molecule has 2 aromatic rings. The summed E-state index contributed by atoms with van der Waals surface area (Å²) in [6.45, 7) is 9.36. The third-order valence-electron chi connectivity index (χ3n) is 3.15. The number of aromatic nitrogens is 2. The summed E-state index contributed by atoms with van der Waals surface area (Å²) < 4.78 is 7.13. The van der Waals surface area contributed by atoms with Crippen LogP contribution in [0.25, 0.3) is 5.69 Å². The predicted molar refractivity (Wildman–Crippen MR) is 87.6 cm³/mol. The Bertz CT molecular complexity index is 666. The topological polar surface area (TPSA) is 44.1 Å². The molecular formula is C17H21ClN2O2. The van der Waals surface area contributed by atoms with Crippen molar-refractivity contribution in [3.05, 3.63) is 46.7 Å². The molecule has 0 aliphatic rings. The van der Waals surface area contributed by atoms with Gasteiger partial charge in [-0.05, 0) is 58.4 Å². The molecule has 4 nitrogen and oxygen atoms in total. The molecule has 118 valence electrons. The number of rotatable bonds is 3. The minimum Gasteiger partial charge on any atom is -0.460 e. The van der Waals surface area contributed by atoms with E-state index in [9.17, 15) is 4.79 Å². The van der Waals surface area contributed by atoms with E-state index in [1.807, 2.05) is 59.0 Å². The second-order valence-electron chi connectivity index (χ2n) is 6.46. The van der Waals surface area contributed by atoms with Crippen molar-refractivity contribution in [3.8, 4) is 5.69 Å². The monoisotopic (exact) mass is 320 g/mol. The van der Waals surface area contributed by atoms with Gasteiger partial charge >= 0.3 is 5.97 Å². The first-order valence-corrected chi connectivity index (χ1v) is 7.58. The number of carbonyl (C=O) groups is 1. The largest absolute Gasteiger partial charge is 0.460 e. The minimum atomic E-state index is -0.495. The molecule has 1 aromatic carbocycles. The molecule has 1 heterocycles. The number of hydrogen-bond acceptors (Lipinski definition) is 3. The fraction of sp³-hybridized carbons (Fsp3) is 0.412. The van der Waals surface area contributed by atoms with Gasteiger partial charge in [0.25, 0.3) is 0 Å². The number of aryl methyl sites for hydroxylation is 1. The molecule has 0 radical (unpaired) electrons. The fourth-order valence-electron chi connectivity index (χ4n) is 2.08. The maximum atomic E-state index is 12.1. The highest BCUT2D eigenvalue weighted by Gasteiger charge is 2.24. The van der Waals surface area contributed by atoms with Crippen molar-refractivity contribution in [1.82, 2.24) is 9.78 Å². The number of esters is 1. The highest BCUT2D eigenvalue weighted by molar-refractivity contribution is 6.30. The van der Waals surface area contributed by atoms with Crippen LogP contribution in [0.15, 0.2) is 30.6 Å². The lowest BCUT2D eigenvalue weighted by atomic mass is 10.1. The van der Waals surface area contributed by atoms with Crippen LogP contribution in [0.5, 0.6) is 0 Å². The smallest absolute Gasteiger partial charge is 0.313 e. The van der Waals surface area contributed by atoms with Crippen molar-refractivity contribution in [2.75, 3.05) is 0 Å². The minimum absolute atomic E-state index is 0.255. The van der Waals surface area contributed by atoms with Crippen molar-refractivity contribution in [2.45, 2.75) is 46.1 Å². The molecule has 22 heavy (non-hydrogen) atoms. The average molecular weight is 321 g/mol. The van der Waals surface area contributed by atoms with Crippen LogP contribution in [0.1, 0.15) is 44.7 Å². The molecule has 0 saturated heterocycles. The SMILES string of the molecule is Cc1cc(Cl)cc(-n2cc(C(C)C(=O)OC(C)(C)C)cn2)c1. The van der Waals surface area contributed by atoms with E-state index in [0.29, 0.717) is 5.02 Å². The van der Waals surface area contributed by atoms with E-state index in [-0.39, 0.29) is 11.9 Å². The Labute approximate surface area is 136 Å². The summed E-state index contributed by atoms with van der Waals surface area (Å²) in [6.07, 6.45) is 3.52. The Morgan fingerprint density at radius 2 is 2.00 bits per heavy atom. The van der Waals surface area contributed by atoms with E-state index in [2.05, 4.69) is 5.10 Å². The molecule has 0 N–H and O–H groups in total. The molecule has 1 aromatic heterocycles. The molecule has 0 aliphatic heterocycles. The van der Waals surface area contributed by atoms with Gasteiger partial charge in [0.2, 0.25) is 0 Å². The van der Waals surface area contributed by atoms with Crippen LogP contribution in [-0.4, -0.2) is 21.4 Å². The zero-order chi connectivity index (χ0) is 16.5. The van der Waals surface area contributed by atoms with Gasteiger partial charge in [0.05, 0.1) is 17.8 Å². The Kier molecular flexibility index (Phi) is 4.61. The molecule has 0 spiro atoms. The quantitative estimate of drug-likeness (QED) is 0.793. The van der Waals surface area contributed by atoms with Crippen LogP contribution in [0.3, 0.4) is 0 Å². The Morgan fingerprint density at radius 3 is 2.59 bits per heavy atom. The fourth-order valence-corrected chi connectivity index (χ4v) is 2.36. The van der Waals surface area contributed by atoms with E-state index in [1.165, 1.54) is 0 Å².